The molecule has 5 heteroatoms. The number of thiophene rings is 1. The number of aromatic amines is 1. The fraction of sp³-hybridized carbons (Fsp3) is 0.300. The average molecular weight is 240 g/mol. The third-order valence-electron chi connectivity index (χ3n) is 2.39. The maximum atomic E-state index is 9.15. The number of nitrogens with zero attached hydrogens (tertiary/aromatic N) is 1. The summed E-state index contributed by atoms with van der Waals surface area (Å²) in [6, 6.07) is 2.09. The molecular formula is C10H12N2OS2. The Kier molecular flexibility index (Phi) is 3.04. The summed E-state index contributed by atoms with van der Waals surface area (Å²) in [5.74, 6) is 0. The van der Waals surface area contributed by atoms with E-state index in [1.807, 2.05) is 4.57 Å². The van der Waals surface area contributed by atoms with Crippen LogP contribution in [-0.2, 0) is 13.2 Å². The molecule has 0 bridgehead atoms. The maximum Gasteiger partial charge on any atom is 0.177 e. The second-order valence-corrected chi connectivity index (χ2v) is 4.74. The van der Waals surface area contributed by atoms with E-state index >= 15 is 0 Å². The summed E-state index contributed by atoms with van der Waals surface area (Å²) in [5.41, 5.74) is 2.10. The van der Waals surface area contributed by atoms with Crippen LogP contribution in [0.2, 0.25) is 0 Å². The molecule has 0 unspecified atom stereocenters. The van der Waals surface area contributed by atoms with E-state index in [4.69, 9.17) is 17.3 Å². The Bertz CT molecular complexity index is 509. The van der Waals surface area contributed by atoms with Crippen LogP contribution in [0.1, 0.15) is 16.1 Å². The average Bonchev–Trinajstić information content (AvgIpc) is 2.77. The van der Waals surface area contributed by atoms with E-state index in [9.17, 15) is 0 Å². The lowest BCUT2D eigenvalue weighted by molar-refractivity contribution is 0.271. The van der Waals surface area contributed by atoms with Crippen molar-refractivity contribution in [1.29, 1.82) is 0 Å². The number of aliphatic hydroxyl groups is 1. The Labute approximate surface area is 97.0 Å². The van der Waals surface area contributed by atoms with Gasteiger partial charge in [-0.05, 0) is 36.2 Å². The number of imidazole rings is 1. The molecule has 0 saturated carbocycles. The lowest BCUT2D eigenvalue weighted by Crippen LogP contribution is -2.03. The number of rotatable bonds is 3. The van der Waals surface area contributed by atoms with Crippen molar-refractivity contribution in [3.8, 4) is 0 Å². The minimum Gasteiger partial charge on any atom is -0.390 e. The molecule has 2 heterocycles. The van der Waals surface area contributed by atoms with E-state index in [0.29, 0.717) is 4.77 Å². The van der Waals surface area contributed by atoms with Gasteiger partial charge >= 0.3 is 0 Å². The van der Waals surface area contributed by atoms with Crippen LogP contribution in [0.5, 0.6) is 0 Å². The lowest BCUT2D eigenvalue weighted by atomic mass is 10.3. The van der Waals surface area contributed by atoms with Crippen LogP contribution < -0.4 is 0 Å². The monoisotopic (exact) mass is 240 g/mol. The Hall–Kier alpha value is -0.910. The molecule has 2 aromatic rings. The van der Waals surface area contributed by atoms with Gasteiger partial charge in [-0.15, -0.1) is 11.3 Å². The minimum absolute atomic E-state index is 0.0115. The lowest BCUT2D eigenvalue weighted by Gasteiger charge is -2.05. The van der Waals surface area contributed by atoms with Crippen molar-refractivity contribution in [2.24, 2.45) is 0 Å². The molecule has 0 aliphatic carbocycles. The summed E-state index contributed by atoms with van der Waals surface area (Å²) in [6.07, 6.45) is 1.76. The first kappa shape index (κ1) is 10.6. The number of aryl methyl sites for hydroxylation is 1. The highest BCUT2D eigenvalue weighted by molar-refractivity contribution is 7.71. The predicted molar refractivity (Wildman–Crippen MR) is 63.7 cm³/mol. The second-order valence-electron chi connectivity index (χ2n) is 3.36. The van der Waals surface area contributed by atoms with Crippen LogP contribution >= 0.6 is 23.6 Å². The molecule has 0 fully saturated rings. The quantitative estimate of drug-likeness (QED) is 0.809. The number of hydrogen-bond donors (Lipinski definition) is 2. The SMILES string of the molecule is Cc1ccsc1Cn1c(CO)c[nH]c1=S. The first-order valence-electron chi connectivity index (χ1n) is 4.63. The highest BCUT2D eigenvalue weighted by Crippen LogP contribution is 2.18. The highest BCUT2D eigenvalue weighted by atomic mass is 32.1. The van der Waals surface area contributed by atoms with Crippen molar-refractivity contribution in [1.82, 2.24) is 9.55 Å². The van der Waals surface area contributed by atoms with Crippen molar-refractivity contribution < 1.29 is 5.11 Å². The van der Waals surface area contributed by atoms with Crippen molar-refractivity contribution in [2.45, 2.75) is 20.1 Å². The topological polar surface area (TPSA) is 41.0 Å². The van der Waals surface area contributed by atoms with Gasteiger partial charge < -0.3 is 14.7 Å². The largest absolute Gasteiger partial charge is 0.390 e. The molecule has 80 valence electrons. The maximum absolute atomic E-state index is 9.15. The van der Waals surface area contributed by atoms with Gasteiger partial charge in [0.1, 0.15) is 0 Å². The first-order valence-corrected chi connectivity index (χ1v) is 5.92. The zero-order chi connectivity index (χ0) is 10.8. The van der Waals surface area contributed by atoms with Crippen LogP contribution in [0.4, 0.5) is 0 Å². The van der Waals surface area contributed by atoms with Gasteiger partial charge in [0.25, 0.3) is 0 Å². The van der Waals surface area contributed by atoms with Crippen molar-refractivity contribution in [3.05, 3.63) is 38.5 Å². The van der Waals surface area contributed by atoms with Crippen LogP contribution in [0.3, 0.4) is 0 Å². The molecule has 2 rings (SSSR count). The number of aliphatic hydroxyl groups excluding tert-OH is 1. The highest BCUT2D eigenvalue weighted by Gasteiger charge is 2.06. The van der Waals surface area contributed by atoms with Gasteiger partial charge in [0, 0.05) is 11.1 Å². The molecule has 15 heavy (non-hydrogen) atoms. The molecule has 0 aromatic carbocycles. The Morgan fingerprint density at radius 2 is 2.40 bits per heavy atom. The molecule has 0 spiro atoms. The van der Waals surface area contributed by atoms with Gasteiger partial charge in [-0.2, -0.15) is 0 Å². The van der Waals surface area contributed by atoms with Crippen LogP contribution in [-0.4, -0.2) is 14.7 Å². The zero-order valence-corrected chi connectivity index (χ0v) is 9.99. The summed E-state index contributed by atoms with van der Waals surface area (Å²) in [5, 5.41) is 11.2. The molecule has 0 amide bonds. The molecule has 0 atom stereocenters. The summed E-state index contributed by atoms with van der Waals surface area (Å²) in [6.45, 7) is 2.83. The Morgan fingerprint density at radius 1 is 1.60 bits per heavy atom. The molecular weight excluding hydrogens is 228 g/mol. The third kappa shape index (κ3) is 2.04. The van der Waals surface area contributed by atoms with Gasteiger partial charge in [-0.3, -0.25) is 0 Å². The van der Waals surface area contributed by atoms with Crippen molar-refractivity contribution in [2.75, 3.05) is 0 Å². The summed E-state index contributed by atoms with van der Waals surface area (Å²) >= 11 is 6.87. The van der Waals surface area contributed by atoms with Gasteiger partial charge in [-0.25, -0.2) is 0 Å². The normalized spacial score (nSPS) is 10.8. The van der Waals surface area contributed by atoms with E-state index in [0.717, 1.165) is 12.2 Å². The van der Waals surface area contributed by atoms with Crippen molar-refractivity contribution >= 4 is 23.6 Å². The summed E-state index contributed by atoms with van der Waals surface area (Å²) < 4.78 is 2.58. The summed E-state index contributed by atoms with van der Waals surface area (Å²) in [7, 11) is 0. The second kappa shape index (κ2) is 4.30. The molecule has 0 aliphatic heterocycles. The summed E-state index contributed by atoms with van der Waals surface area (Å²) in [4.78, 5) is 4.22. The van der Waals surface area contributed by atoms with E-state index in [-0.39, 0.29) is 6.61 Å². The molecule has 2 aromatic heterocycles. The van der Waals surface area contributed by atoms with Crippen LogP contribution in [0.15, 0.2) is 17.6 Å². The van der Waals surface area contributed by atoms with E-state index in [1.165, 1.54) is 10.4 Å². The molecule has 0 aliphatic rings. The fourth-order valence-corrected chi connectivity index (χ4v) is 2.58. The van der Waals surface area contributed by atoms with Crippen LogP contribution in [0.25, 0.3) is 0 Å². The van der Waals surface area contributed by atoms with Gasteiger partial charge in [0.2, 0.25) is 0 Å². The number of aromatic nitrogens is 2. The van der Waals surface area contributed by atoms with Gasteiger partial charge in [0.15, 0.2) is 4.77 Å². The van der Waals surface area contributed by atoms with Gasteiger partial charge in [0.05, 0.1) is 18.8 Å². The predicted octanol–water partition coefficient (Wildman–Crippen LogP) is 2.46. The molecule has 3 nitrogen and oxygen atoms in total. The standard InChI is InChI=1S/C10H12N2OS2/c1-7-2-3-15-9(7)5-12-8(6-13)4-11-10(12)14/h2-4,13H,5-6H2,1H3,(H,11,14). The Morgan fingerprint density at radius 3 is 3.00 bits per heavy atom. The van der Waals surface area contributed by atoms with Crippen molar-refractivity contribution in [3.63, 3.8) is 0 Å². The zero-order valence-electron chi connectivity index (χ0n) is 8.36. The smallest absolute Gasteiger partial charge is 0.177 e. The fourth-order valence-electron chi connectivity index (χ4n) is 1.45. The number of nitrogens with one attached hydrogen (secondary N) is 1. The molecule has 2 N–H and O–H groups in total. The first-order chi connectivity index (χ1) is 7.22. The third-order valence-corrected chi connectivity index (χ3v) is 3.73. The number of H-pyrrole nitrogens is 1. The van der Waals surface area contributed by atoms with Crippen LogP contribution in [0, 0.1) is 11.7 Å². The van der Waals surface area contributed by atoms with E-state index in [2.05, 4.69) is 23.4 Å². The van der Waals surface area contributed by atoms with E-state index in [1.54, 1.807) is 17.5 Å². The number of hydrogen-bond acceptors (Lipinski definition) is 3. The van der Waals surface area contributed by atoms with Gasteiger partial charge in [-0.1, -0.05) is 0 Å². The van der Waals surface area contributed by atoms with E-state index < -0.39 is 0 Å². The minimum atomic E-state index is 0.0115. The Balaban J connectivity index is 2.35. The molecule has 0 radical (unpaired) electrons. The molecule has 0 saturated heterocycles.